The third-order valence-electron chi connectivity index (χ3n) is 10.4. The summed E-state index contributed by atoms with van der Waals surface area (Å²) in [6.07, 6.45) is 4.21. The van der Waals surface area contributed by atoms with E-state index in [0.29, 0.717) is 41.0 Å². The first-order valence-electron chi connectivity index (χ1n) is 15.9. The van der Waals surface area contributed by atoms with Gasteiger partial charge in [0.2, 0.25) is 6.79 Å². The van der Waals surface area contributed by atoms with E-state index in [2.05, 4.69) is 42.8 Å². The number of aromatic hydroxyl groups is 1. The van der Waals surface area contributed by atoms with E-state index in [9.17, 15) is 15.2 Å². The van der Waals surface area contributed by atoms with Crippen LogP contribution in [0.4, 0.5) is 0 Å². The number of carbonyl (C=O) groups excluding carboxylic acids is 1. The number of fused-ring (bicyclic) bond motifs is 9. The fourth-order valence-corrected chi connectivity index (χ4v) is 8.09. The number of carbonyl (C=O) groups is 1. The molecule has 0 saturated carbocycles. The van der Waals surface area contributed by atoms with Gasteiger partial charge in [0.1, 0.15) is 24.1 Å². The molecule has 247 valence electrons. The monoisotopic (exact) mass is 864 g/mol. The summed E-state index contributed by atoms with van der Waals surface area (Å²) < 4.78 is 29.4. The normalized spacial score (nSPS) is 23.8. The van der Waals surface area contributed by atoms with Gasteiger partial charge in [-0.05, 0) is 69.0 Å². The number of phenolic OH excluding ortho intramolecular Hbond substituents is 1. The van der Waals surface area contributed by atoms with Crippen LogP contribution in [0.1, 0.15) is 56.6 Å². The number of aryl methyl sites for hydroxylation is 1. The van der Waals surface area contributed by atoms with Crippen LogP contribution in [0.25, 0.3) is 6.08 Å². The van der Waals surface area contributed by atoms with Crippen LogP contribution in [0.5, 0.6) is 23.0 Å². The minimum atomic E-state index is -0.584. The molecule has 1 N–H and O–H groups in total. The van der Waals surface area contributed by atoms with E-state index in [1.807, 2.05) is 37.3 Å². The molecule has 1 unspecified atom stereocenters. The van der Waals surface area contributed by atoms with Crippen molar-refractivity contribution in [2.45, 2.75) is 63.8 Å². The summed E-state index contributed by atoms with van der Waals surface area (Å²) in [5.74, 6) is 1.44. The van der Waals surface area contributed by atoms with Crippen LogP contribution < -0.4 is 14.2 Å². The van der Waals surface area contributed by atoms with E-state index < -0.39 is 18.1 Å². The third kappa shape index (κ3) is 5.70. The van der Waals surface area contributed by atoms with Crippen LogP contribution in [0.3, 0.4) is 0 Å². The molecule has 1 saturated heterocycles. The van der Waals surface area contributed by atoms with Crippen LogP contribution in [-0.2, 0) is 27.1 Å². The maximum absolute atomic E-state index is 13.1. The molecular weight excluding hydrogens is 825 g/mol. The van der Waals surface area contributed by atoms with Gasteiger partial charge in [0, 0.05) is 91.6 Å². The number of rotatable bonds is 7. The van der Waals surface area contributed by atoms with E-state index in [-0.39, 0.29) is 88.1 Å². The van der Waals surface area contributed by atoms with Crippen molar-refractivity contribution in [3.05, 3.63) is 87.0 Å². The molecule has 0 aliphatic carbocycles. The number of methoxy groups -OCH3 is 1. The minimum Gasteiger partial charge on any atom is -0.507 e. The number of hydrogen-bond donors (Lipinski definition) is 1. The average Bonchev–Trinajstić information content (AvgIpc) is 3.56. The zero-order chi connectivity index (χ0) is 33.0. The summed E-state index contributed by atoms with van der Waals surface area (Å²) in [7, 11) is 3.67. The van der Waals surface area contributed by atoms with Gasteiger partial charge in [-0.3, -0.25) is 9.80 Å². The quantitative estimate of drug-likeness (QED) is 0.197. The van der Waals surface area contributed by atoms with Crippen molar-refractivity contribution >= 4 is 12.0 Å². The molecule has 1 fully saturated rings. The molecule has 48 heavy (non-hydrogen) atoms. The molecule has 0 spiro atoms. The van der Waals surface area contributed by atoms with E-state index in [4.69, 9.17) is 23.7 Å². The van der Waals surface area contributed by atoms with Crippen molar-refractivity contribution in [2.24, 2.45) is 0 Å². The number of benzene rings is 3. The Morgan fingerprint density at radius 3 is 2.56 bits per heavy atom. The summed E-state index contributed by atoms with van der Waals surface area (Å²) in [5, 5.41) is 22.5. The zero-order valence-electron chi connectivity index (χ0n) is 27.9. The summed E-state index contributed by atoms with van der Waals surface area (Å²) in [6.45, 7) is 6.03. The molecule has 0 aromatic heterocycles. The topological polar surface area (TPSA) is 114 Å². The number of nitrogens with zero attached hydrogens (tertiary/aromatic N) is 3. The number of esters is 1. The third-order valence-corrected chi connectivity index (χ3v) is 10.4. The van der Waals surface area contributed by atoms with Crippen molar-refractivity contribution in [1.82, 2.24) is 9.80 Å². The molecule has 4 aliphatic rings. The molecule has 4 aliphatic heterocycles. The Kier molecular flexibility index (Phi) is 10.1. The van der Waals surface area contributed by atoms with Crippen LogP contribution in [0.15, 0.2) is 42.5 Å². The standard InChI is InChI=1S/C37H39N3O7.Ac/c1-20-13-24-14-26-28(16-38)40-27(33(39(26)4)31(24)35(21(20)2)45-18-43-5)15-25-32(37-36(46-19-47-37)22(3)34(25)42)29(40)17-44-30(41)12-11-23-9-7-6-8-10-23;/h6-13,26-29,33,42H,14-15,17-19H2,1-5H3;/b12-11+;/t26-,27?,28+,29+,33+;/m1./s1. The summed E-state index contributed by atoms with van der Waals surface area (Å²) in [5.41, 5.74) is 7.27. The van der Waals surface area contributed by atoms with Crippen molar-refractivity contribution in [3.8, 4) is 29.1 Å². The second kappa shape index (κ2) is 14.0. The van der Waals surface area contributed by atoms with Gasteiger partial charge in [0.05, 0.1) is 18.2 Å². The van der Waals surface area contributed by atoms with Crippen molar-refractivity contribution in [2.75, 3.05) is 34.4 Å². The van der Waals surface area contributed by atoms with Gasteiger partial charge >= 0.3 is 5.97 Å². The largest absolute Gasteiger partial charge is 0.507 e. The predicted molar refractivity (Wildman–Crippen MR) is 173 cm³/mol. The molecule has 10 nitrogen and oxygen atoms in total. The summed E-state index contributed by atoms with van der Waals surface area (Å²) >= 11 is 0. The van der Waals surface area contributed by atoms with Gasteiger partial charge in [0.25, 0.3) is 0 Å². The Labute approximate surface area is 316 Å². The second-order valence-electron chi connectivity index (χ2n) is 12.8. The number of piperazine rings is 1. The van der Waals surface area contributed by atoms with Gasteiger partial charge in [-0.1, -0.05) is 36.4 Å². The van der Waals surface area contributed by atoms with E-state index in [1.54, 1.807) is 13.2 Å². The Morgan fingerprint density at radius 1 is 1.08 bits per heavy atom. The van der Waals surface area contributed by atoms with Gasteiger partial charge in [-0.2, -0.15) is 5.26 Å². The predicted octanol–water partition coefficient (Wildman–Crippen LogP) is 5.06. The van der Waals surface area contributed by atoms with Crippen molar-refractivity contribution in [3.63, 3.8) is 0 Å². The van der Waals surface area contributed by atoms with Gasteiger partial charge < -0.3 is 28.8 Å². The first-order valence-corrected chi connectivity index (χ1v) is 15.9. The first kappa shape index (κ1) is 34.7. The number of nitriles is 1. The Morgan fingerprint density at radius 2 is 1.83 bits per heavy atom. The molecule has 5 atom stereocenters. The molecule has 1 radical (unpaired) electrons. The minimum absolute atomic E-state index is 0. The van der Waals surface area contributed by atoms with Crippen molar-refractivity contribution < 1.29 is 77.6 Å². The number of likely N-dealkylation sites (N-methyl/N-ethyl adjacent to an activating group) is 1. The summed E-state index contributed by atoms with van der Waals surface area (Å²) in [4.78, 5) is 17.6. The van der Waals surface area contributed by atoms with Gasteiger partial charge in [-0.15, -0.1) is 0 Å². The maximum atomic E-state index is 13.1. The zero-order valence-corrected chi connectivity index (χ0v) is 32.6. The molecular formula is C37H39AcN3O7. The van der Waals surface area contributed by atoms with Gasteiger partial charge in [-0.25, -0.2) is 4.79 Å². The molecule has 3 aromatic carbocycles. The van der Waals surface area contributed by atoms with E-state index >= 15 is 0 Å². The Balaban J connectivity index is 0.00000401. The molecule has 0 amide bonds. The van der Waals surface area contributed by atoms with E-state index in [0.717, 1.165) is 33.6 Å². The van der Waals surface area contributed by atoms with Crippen LogP contribution >= 0.6 is 0 Å². The molecule has 7 rings (SSSR count). The molecule has 11 heteroatoms. The fraction of sp³-hybridized carbons (Fsp3) is 0.405. The average molecular weight is 865 g/mol. The van der Waals surface area contributed by atoms with E-state index in [1.165, 1.54) is 6.08 Å². The molecule has 2 bridgehead atoms. The maximum Gasteiger partial charge on any atom is 0.330 e. The molecule has 3 aromatic rings. The number of hydrogen-bond acceptors (Lipinski definition) is 10. The Hall–Kier alpha value is -3.12. The van der Waals surface area contributed by atoms with Gasteiger partial charge in [0.15, 0.2) is 18.3 Å². The first-order chi connectivity index (χ1) is 22.7. The fourth-order valence-electron chi connectivity index (χ4n) is 8.09. The van der Waals surface area contributed by atoms with Crippen LogP contribution in [0, 0.1) is 76.2 Å². The number of phenols is 1. The van der Waals surface area contributed by atoms with Crippen LogP contribution in [0.2, 0.25) is 0 Å². The SMILES string of the molecule is COCOc1c(C)c(C)cc2c1[C@@H]1C3Cc4c(O)c(C)c5c(c4[C@H](COC(=O)/C=C/c4ccccc4)N3[C@@H](C#N)[C@@H](C2)N1C)OCO5.[Ac]. The summed E-state index contributed by atoms with van der Waals surface area (Å²) in [6, 6.07) is 12.7. The second-order valence-corrected chi connectivity index (χ2v) is 12.8. The molecule has 4 heterocycles. The smallest absolute Gasteiger partial charge is 0.330 e. The number of ether oxygens (including phenoxy) is 5. The Bertz CT molecular complexity index is 1810. The van der Waals surface area contributed by atoms with Crippen LogP contribution in [-0.4, -0.2) is 73.4 Å². The van der Waals surface area contributed by atoms with Crippen molar-refractivity contribution in [1.29, 1.82) is 5.26 Å².